The van der Waals surface area contributed by atoms with Crippen LogP contribution >= 0.6 is 0 Å². The number of hydrogen-bond donors (Lipinski definition) is 1. The van der Waals surface area contributed by atoms with Gasteiger partial charge in [0.25, 0.3) is 0 Å². The lowest BCUT2D eigenvalue weighted by Gasteiger charge is -2.10. The van der Waals surface area contributed by atoms with E-state index in [0.29, 0.717) is 17.1 Å². The molecule has 0 saturated heterocycles. The van der Waals surface area contributed by atoms with Crippen molar-refractivity contribution in [3.05, 3.63) is 41.2 Å². The first-order chi connectivity index (χ1) is 10.8. The fourth-order valence-corrected chi connectivity index (χ4v) is 2.49. The minimum absolute atomic E-state index is 0.107. The van der Waals surface area contributed by atoms with Crippen molar-refractivity contribution in [3.8, 4) is 11.4 Å². The molecule has 1 aliphatic carbocycles. The van der Waals surface area contributed by atoms with Gasteiger partial charge in [0.2, 0.25) is 0 Å². The summed E-state index contributed by atoms with van der Waals surface area (Å²) in [6, 6.07) is 5.30. The van der Waals surface area contributed by atoms with Crippen LogP contribution in [0.2, 0.25) is 0 Å². The number of aromatic nitrogens is 2. The molecule has 1 aromatic heterocycles. The third kappa shape index (κ3) is 3.15. The molecule has 0 atom stereocenters. The minimum atomic E-state index is -4.79. The summed E-state index contributed by atoms with van der Waals surface area (Å²) in [6.45, 7) is 1.58. The van der Waals surface area contributed by atoms with E-state index in [9.17, 15) is 23.1 Å². The van der Waals surface area contributed by atoms with Crippen LogP contribution in [-0.2, 0) is 0 Å². The Morgan fingerprint density at radius 1 is 1.39 bits per heavy atom. The Bertz CT molecular complexity index is 764. The average molecular weight is 326 g/mol. The summed E-state index contributed by atoms with van der Waals surface area (Å²) in [5, 5.41) is 13.7. The van der Waals surface area contributed by atoms with E-state index in [4.69, 9.17) is 0 Å². The van der Waals surface area contributed by atoms with Gasteiger partial charge < -0.3 is 9.84 Å². The summed E-state index contributed by atoms with van der Waals surface area (Å²) in [6.07, 6.45) is -3.05. The second kappa shape index (κ2) is 5.29. The van der Waals surface area contributed by atoms with Crippen LogP contribution in [-0.4, -0.2) is 27.2 Å². The number of carboxylic acid groups (broad SMARTS) is 1. The van der Waals surface area contributed by atoms with E-state index in [2.05, 4.69) is 9.84 Å². The Kier molecular flexibility index (Phi) is 3.54. The number of hydrogen-bond acceptors (Lipinski definition) is 3. The number of halogens is 3. The quantitative estimate of drug-likeness (QED) is 0.931. The molecule has 122 valence electrons. The van der Waals surface area contributed by atoms with Gasteiger partial charge in [0.1, 0.15) is 11.3 Å². The second-order valence-electron chi connectivity index (χ2n) is 5.38. The van der Waals surface area contributed by atoms with Crippen molar-refractivity contribution in [2.24, 2.45) is 0 Å². The van der Waals surface area contributed by atoms with E-state index in [1.165, 1.54) is 22.9 Å². The highest BCUT2D eigenvalue weighted by atomic mass is 19.4. The Morgan fingerprint density at radius 2 is 2.09 bits per heavy atom. The van der Waals surface area contributed by atoms with Crippen LogP contribution in [0.5, 0.6) is 5.75 Å². The van der Waals surface area contributed by atoms with E-state index < -0.39 is 12.3 Å². The molecule has 1 heterocycles. The fraction of sp³-hybridized carbons (Fsp3) is 0.333. The van der Waals surface area contributed by atoms with Crippen LogP contribution in [0.1, 0.15) is 40.5 Å². The van der Waals surface area contributed by atoms with Gasteiger partial charge in [-0.15, -0.1) is 13.2 Å². The Hall–Kier alpha value is -2.51. The number of aromatic carboxylic acids is 1. The maximum absolute atomic E-state index is 12.3. The molecular weight excluding hydrogens is 313 g/mol. The summed E-state index contributed by atoms with van der Waals surface area (Å²) >= 11 is 0. The van der Waals surface area contributed by atoms with Crippen molar-refractivity contribution in [2.75, 3.05) is 0 Å². The zero-order chi connectivity index (χ0) is 16.8. The molecule has 1 saturated carbocycles. The highest BCUT2D eigenvalue weighted by Gasteiger charge is 2.34. The monoisotopic (exact) mass is 326 g/mol. The van der Waals surface area contributed by atoms with Crippen LogP contribution in [0, 0.1) is 6.92 Å². The lowest BCUT2D eigenvalue weighted by molar-refractivity contribution is -0.274. The standard InChI is InChI=1S/C15H13F3N2O3/c1-8-12(14(21)22)13(9-5-6-9)19-20(8)10-3-2-4-11(7-10)23-15(16,17)18/h2-4,7,9H,5-6H2,1H3,(H,21,22). The average Bonchev–Trinajstić information content (AvgIpc) is 3.20. The maximum Gasteiger partial charge on any atom is 0.573 e. The molecule has 0 spiro atoms. The van der Waals surface area contributed by atoms with Crippen LogP contribution in [0.4, 0.5) is 13.2 Å². The number of ether oxygens (including phenoxy) is 1. The molecule has 1 aromatic carbocycles. The van der Waals surface area contributed by atoms with Crippen LogP contribution in [0.15, 0.2) is 24.3 Å². The molecule has 5 nitrogen and oxygen atoms in total. The first-order valence-electron chi connectivity index (χ1n) is 6.95. The zero-order valence-electron chi connectivity index (χ0n) is 12.1. The lowest BCUT2D eigenvalue weighted by Crippen LogP contribution is -2.17. The molecule has 1 fully saturated rings. The van der Waals surface area contributed by atoms with E-state index in [0.717, 1.165) is 12.8 Å². The number of nitrogens with zero attached hydrogens (tertiary/aromatic N) is 2. The van der Waals surface area contributed by atoms with Crippen LogP contribution in [0.25, 0.3) is 5.69 Å². The normalized spacial score (nSPS) is 14.8. The van der Waals surface area contributed by atoms with Crippen molar-refractivity contribution >= 4 is 5.97 Å². The summed E-state index contributed by atoms with van der Waals surface area (Å²) in [5.41, 5.74) is 1.30. The second-order valence-corrected chi connectivity index (χ2v) is 5.38. The molecule has 8 heteroatoms. The van der Waals surface area contributed by atoms with Gasteiger partial charge in [0.05, 0.1) is 17.1 Å². The summed E-state index contributed by atoms with van der Waals surface area (Å²) in [5.74, 6) is -1.36. The lowest BCUT2D eigenvalue weighted by atomic mass is 10.1. The predicted molar refractivity (Wildman–Crippen MR) is 73.9 cm³/mol. The van der Waals surface area contributed by atoms with Gasteiger partial charge in [-0.2, -0.15) is 5.10 Å². The SMILES string of the molecule is Cc1c(C(=O)O)c(C2CC2)nn1-c1cccc(OC(F)(F)F)c1. The largest absolute Gasteiger partial charge is 0.573 e. The number of alkyl halides is 3. The first kappa shape index (κ1) is 15.4. The van der Waals surface area contributed by atoms with Gasteiger partial charge >= 0.3 is 12.3 Å². The number of carbonyl (C=O) groups is 1. The first-order valence-corrected chi connectivity index (χ1v) is 6.95. The van der Waals surface area contributed by atoms with Crippen LogP contribution < -0.4 is 4.74 Å². The fourth-order valence-electron chi connectivity index (χ4n) is 2.49. The van der Waals surface area contributed by atoms with E-state index in [1.807, 2.05) is 0 Å². The number of benzene rings is 1. The van der Waals surface area contributed by atoms with Crippen molar-refractivity contribution in [1.82, 2.24) is 9.78 Å². The third-order valence-electron chi connectivity index (χ3n) is 3.62. The van der Waals surface area contributed by atoms with Gasteiger partial charge in [-0.1, -0.05) is 6.07 Å². The molecule has 23 heavy (non-hydrogen) atoms. The molecule has 0 aliphatic heterocycles. The maximum atomic E-state index is 12.3. The van der Waals surface area contributed by atoms with Crippen molar-refractivity contribution in [2.45, 2.75) is 32.0 Å². The number of rotatable bonds is 4. The Morgan fingerprint density at radius 3 is 2.65 bits per heavy atom. The summed E-state index contributed by atoms with van der Waals surface area (Å²) in [7, 11) is 0. The van der Waals surface area contributed by atoms with Gasteiger partial charge in [-0.05, 0) is 31.9 Å². The Labute approximate surface area is 129 Å². The van der Waals surface area contributed by atoms with E-state index >= 15 is 0 Å². The summed E-state index contributed by atoms with van der Waals surface area (Å²) < 4.78 is 42.2. The van der Waals surface area contributed by atoms with Crippen molar-refractivity contribution < 1.29 is 27.8 Å². The molecule has 3 rings (SSSR count). The molecular formula is C15H13F3N2O3. The van der Waals surface area contributed by atoms with Crippen molar-refractivity contribution in [1.29, 1.82) is 0 Å². The van der Waals surface area contributed by atoms with Crippen molar-refractivity contribution in [3.63, 3.8) is 0 Å². The zero-order valence-corrected chi connectivity index (χ0v) is 12.1. The predicted octanol–water partition coefficient (Wildman–Crippen LogP) is 3.65. The third-order valence-corrected chi connectivity index (χ3v) is 3.62. The van der Waals surface area contributed by atoms with E-state index in [1.54, 1.807) is 13.0 Å². The number of carboxylic acids is 1. The van der Waals surface area contributed by atoms with E-state index in [-0.39, 0.29) is 17.2 Å². The van der Waals surface area contributed by atoms with Gasteiger partial charge in [-0.25, -0.2) is 9.48 Å². The molecule has 2 aromatic rings. The van der Waals surface area contributed by atoms with Crippen LogP contribution in [0.3, 0.4) is 0 Å². The topological polar surface area (TPSA) is 64.3 Å². The van der Waals surface area contributed by atoms with Gasteiger partial charge in [0, 0.05) is 12.0 Å². The highest BCUT2D eigenvalue weighted by Crippen LogP contribution is 2.42. The smallest absolute Gasteiger partial charge is 0.478 e. The minimum Gasteiger partial charge on any atom is -0.478 e. The molecule has 1 aliphatic rings. The van der Waals surface area contributed by atoms with Gasteiger partial charge in [0.15, 0.2) is 0 Å². The molecule has 0 unspecified atom stereocenters. The van der Waals surface area contributed by atoms with Gasteiger partial charge in [-0.3, -0.25) is 0 Å². The molecule has 1 N–H and O–H groups in total. The highest BCUT2D eigenvalue weighted by molar-refractivity contribution is 5.90. The molecule has 0 radical (unpaired) electrons. The summed E-state index contributed by atoms with van der Waals surface area (Å²) in [4.78, 5) is 11.4. The molecule has 0 amide bonds. The molecule has 0 bridgehead atoms. The Balaban J connectivity index is 2.03.